The quantitative estimate of drug-likeness (QED) is 0.665. The Balaban J connectivity index is 2.14. The van der Waals surface area contributed by atoms with Crippen LogP contribution in [0, 0.1) is 24.0 Å². The van der Waals surface area contributed by atoms with E-state index in [2.05, 4.69) is 15.5 Å². The molecule has 0 aliphatic rings. The molecule has 1 aromatic carbocycles. The number of anilines is 1. The summed E-state index contributed by atoms with van der Waals surface area (Å²) in [5.74, 6) is 0. The lowest BCUT2D eigenvalue weighted by atomic mass is 10.2. The van der Waals surface area contributed by atoms with E-state index in [0.29, 0.717) is 17.3 Å². The van der Waals surface area contributed by atoms with Gasteiger partial charge in [0, 0.05) is 29.9 Å². The second kappa shape index (κ2) is 5.27. The molecule has 0 aliphatic carbocycles. The zero-order chi connectivity index (χ0) is 14.0. The average Bonchev–Trinajstić information content (AvgIpc) is 2.68. The molecule has 1 aromatic heterocycles. The molecule has 0 radical (unpaired) electrons. The third kappa shape index (κ3) is 2.85. The van der Waals surface area contributed by atoms with Gasteiger partial charge in [0.1, 0.15) is 0 Å². The lowest BCUT2D eigenvalue weighted by Crippen LogP contribution is -2.02. The van der Waals surface area contributed by atoms with E-state index in [-0.39, 0.29) is 5.69 Å². The number of nitro groups is 1. The minimum Gasteiger partial charge on any atom is -0.380 e. The number of nitrogens with one attached hydrogen (secondary N) is 2. The fourth-order valence-electron chi connectivity index (χ4n) is 1.78. The Morgan fingerprint density at radius 2 is 2.21 bits per heavy atom. The van der Waals surface area contributed by atoms with Gasteiger partial charge in [-0.25, -0.2) is 0 Å². The molecule has 0 saturated carbocycles. The van der Waals surface area contributed by atoms with Gasteiger partial charge in [0.15, 0.2) is 0 Å². The molecule has 0 bridgehead atoms. The zero-order valence-corrected chi connectivity index (χ0v) is 11.3. The number of halogens is 1. The molecule has 100 valence electrons. The van der Waals surface area contributed by atoms with Crippen LogP contribution in [0.15, 0.2) is 18.2 Å². The third-order valence-electron chi connectivity index (χ3n) is 2.90. The number of rotatable bonds is 4. The van der Waals surface area contributed by atoms with Gasteiger partial charge < -0.3 is 5.32 Å². The Kier molecular flexibility index (Phi) is 3.71. The Morgan fingerprint density at radius 1 is 1.47 bits per heavy atom. The second-order valence-corrected chi connectivity index (χ2v) is 4.59. The number of non-ortho nitro benzene ring substituents is 1. The molecular formula is C12H13ClN4O2. The predicted molar refractivity (Wildman–Crippen MR) is 73.5 cm³/mol. The highest BCUT2D eigenvalue weighted by Crippen LogP contribution is 2.27. The molecule has 0 atom stereocenters. The zero-order valence-electron chi connectivity index (χ0n) is 10.5. The van der Waals surface area contributed by atoms with Crippen LogP contribution in [0.4, 0.5) is 11.4 Å². The maximum absolute atomic E-state index is 10.6. The van der Waals surface area contributed by atoms with E-state index in [0.717, 1.165) is 17.0 Å². The van der Waals surface area contributed by atoms with Crippen LogP contribution in [0.1, 0.15) is 17.0 Å². The number of hydrogen-bond donors (Lipinski definition) is 2. The standard InChI is InChI=1S/C12H13ClN4O2/c1-7-10(8(2)16-15-7)6-14-12-4-3-9(17(18)19)5-11(12)13/h3-5,14H,6H2,1-2H3,(H,15,16). The van der Waals surface area contributed by atoms with Crippen LogP contribution in [0.2, 0.25) is 5.02 Å². The summed E-state index contributed by atoms with van der Waals surface area (Å²) in [5, 5.41) is 21.1. The molecule has 7 heteroatoms. The van der Waals surface area contributed by atoms with E-state index in [1.807, 2.05) is 13.8 Å². The number of benzene rings is 1. The highest BCUT2D eigenvalue weighted by Gasteiger charge is 2.10. The largest absolute Gasteiger partial charge is 0.380 e. The first-order chi connectivity index (χ1) is 8.99. The molecular weight excluding hydrogens is 268 g/mol. The molecule has 6 nitrogen and oxygen atoms in total. The lowest BCUT2D eigenvalue weighted by Gasteiger charge is -2.08. The topological polar surface area (TPSA) is 83.8 Å². The van der Waals surface area contributed by atoms with Gasteiger partial charge >= 0.3 is 0 Å². The fraction of sp³-hybridized carbons (Fsp3) is 0.250. The summed E-state index contributed by atoms with van der Waals surface area (Å²) in [6, 6.07) is 4.35. The van der Waals surface area contributed by atoms with Crippen LogP contribution in [0.3, 0.4) is 0 Å². The molecule has 0 amide bonds. The SMILES string of the molecule is Cc1n[nH]c(C)c1CNc1ccc([N+](=O)[O-])cc1Cl. The van der Waals surface area contributed by atoms with Crippen molar-refractivity contribution >= 4 is 23.0 Å². The summed E-state index contributed by atoms with van der Waals surface area (Å²) in [4.78, 5) is 10.1. The summed E-state index contributed by atoms with van der Waals surface area (Å²) in [6.07, 6.45) is 0. The second-order valence-electron chi connectivity index (χ2n) is 4.19. The summed E-state index contributed by atoms with van der Waals surface area (Å²) in [6.45, 7) is 4.41. The number of nitro benzene ring substituents is 1. The molecule has 2 aromatic rings. The lowest BCUT2D eigenvalue weighted by molar-refractivity contribution is -0.384. The molecule has 1 heterocycles. The molecule has 0 fully saturated rings. The van der Waals surface area contributed by atoms with E-state index in [9.17, 15) is 10.1 Å². The molecule has 19 heavy (non-hydrogen) atoms. The van der Waals surface area contributed by atoms with E-state index < -0.39 is 4.92 Å². The monoisotopic (exact) mass is 280 g/mol. The number of nitrogens with zero attached hydrogens (tertiary/aromatic N) is 2. The van der Waals surface area contributed by atoms with Crippen molar-refractivity contribution in [3.8, 4) is 0 Å². The number of hydrogen-bond acceptors (Lipinski definition) is 4. The first kappa shape index (κ1) is 13.4. The summed E-state index contributed by atoms with van der Waals surface area (Å²) in [5.41, 5.74) is 3.61. The summed E-state index contributed by atoms with van der Waals surface area (Å²) < 4.78 is 0. The molecule has 0 spiro atoms. The molecule has 0 unspecified atom stereocenters. The summed E-state index contributed by atoms with van der Waals surface area (Å²) in [7, 11) is 0. The number of aryl methyl sites for hydroxylation is 2. The highest BCUT2D eigenvalue weighted by atomic mass is 35.5. The Bertz CT molecular complexity index is 605. The van der Waals surface area contributed by atoms with Crippen molar-refractivity contribution in [1.29, 1.82) is 0 Å². The van der Waals surface area contributed by atoms with Gasteiger partial charge in [-0.1, -0.05) is 11.6 Å². The van der Waals surface area contributed by atoms with Gasteiger partial charge in [-0.3, -0.25) is 15.2 Å². The fourth-order valence-corrected chi connectivity index (χ4v) is 2.02. The Morgan fingerprint density at radius 3 is 2.74 bits per heavy atom. The van der Waals surface area contributed by atoms with Gasteiger partial charge in [0.05, 0.1) is 21.3 Å². The van der Waals surface area contributed by atoms with Crippen LogP contribution >= 0.6 is 11.6 Å². The molecule has 0 aliphatic heterocycles. The van der Waals surface area contributed by atoms with Gasteiger partial charge in [0.25, 0.3) is 5.69 Å². The van der Waals surface area contributed by atoms with Crippen molar-refractivity contribution in [3.05, 3.63) is 50.3 Å². The first-order valence-corrected chi connectivity index (χ1v) is 6.05. The molecule has 2 rings (SSSR count). The van der Waals surface area contributed by atoms with Crippen molar-refractivity contribution in [3.63, 3.8) is 0 Å². The molecule has 2 N–H and O–H groups in total. The van der Waals surface area contributed by atoms with E-state index in [1.54, 1.807) is 6.07 Å². The van der Waals surface area contributed by atoms with Gasteiger partial charge in [-0.15, -0.1) is 0 Å². The van der Waals surface area contributed by atoms with E-state index >= 15 is 0 Å². The van der Waals surface area contributed by atoms with Crippen molar-refractivity contribution in [2.75, 3.05) is 5.32 Å². The Labute approximate surface area is 114 Å². The molecule has 0 saturated heterocycles. The van der Waals surface area contributed by atoms with Crippen molar-refractivity contribution in [2.45, 2.75) is 20.4 Å². The van der Waals surface area contributed by atoms with Crippen LogP contribution in [0.25, 0.3) is 0 Å². The van der Waals surface area contributed by atoms with Crippen molar-refractivity contribution in [1.82, 2.24) is 10.2 Å². The van der Waals surface area contributed by atoms with E-state index in [4.69, 9.17) is 11.6 Å². The van der Waals surface area contributed by atoms with Crippen molar-refractivity contribution < 1.29 is 4.92 Å². The van der Waals surface area contributed by atoms with Gasteiger partial charge in [-0.05, 0) is 19.9 Å². The van der Waals surface area contributed by atoms with Crippen LogP contribution in [-0.4, -0.2) is 15.1 Å². The Hall–Kier alpha value is -2.08. The van der Waals surface area contributed by atoms with Gasteiger partial charge in [0.2, 0.25) is 0 Å². The number of aromatic amines is 1. The highest BCUT2D eigenvalue weighted by molar-refractivity contribution is 6.33. The maximum atomic E-state index is 10.6. The van der Waals surface area contributed by atoms with E-state index in [1.165, 1.54) is 12.1 Å². The number of aromatic nitrogens is 2. The van der Waals surface area contributed by atoms with Crippen LogP contribution in [0.5, 0.6) is 0 Å². The number of H-pyrrole nitrogens is 1. The average molecular weight is 281 g/mol. The van der Waals surface area contributed by atoms with Crippen LogP contribution < -0.4 is 5.32 Å². The third-order valence-corrected chi connectivity index (χ3v) is 3.21. The maximum Gasteiger partial charge on any atom is 0.271 e. The first-order valence-electron chi connectivity index (χ1n) is 5.67. The smallest absolute Gasteiger partial charge is 0.271 e. The minimum atomic E-state index is -0.472. The summed E-state index contributed by atoms with van der Waals surface area (Å²) >= 11 is 6.00. The van der Waals surface area contributed by atoms with Gasteiger partial charge in [-0.2, -0.15) is 5.10 Å². The normalized spacial score (nSPS) is 10.5. The van der Waals surface area contributed by atoms with Crippen LogP contribution in [-0.2, 0) is 6.54 Å². The van der Waals surface area contributed by atoms with Crippen molar-refractivity contribution in [2.24, 2.45) is 0 Å². The predicted octanol–water partition coefficient (Wildman–Crippen LogP) is 3.20. The minimum absolute atomic E-state index is 0.0220.